The Balaban J connectivity index is 1.96. The van der Waals surface area contributed by atoms with Gasteiger partial charge in [0, 0.05) is 12.6 Å². The van der Waals surface area contributed by atoms with Crippen molar-refractivity contribution in [2.24, 2.45) is 0 Å². The first-order valence-electron chi connectivity index (χ1n) is 7.66. The van der Waals surface area contributed by atoms with Crippen molar-refractivity contribution < 1.29 is 19.0 Å². The van der Waals surface area contributed by atoms with Gasteiger partial charge in [-0.25, -0.2) is 4.79 Å². The summed E-state index contributed by atoms with van der Waals surface area (Å²) >= 11 is 0. The van der Waals surface area contributed by atoms with Crippen LogP contribution in [0.4, 0.5) is 4.79 Å². The first-order chi connectivity index (χ1) is 11.2. The van der Waals surface area contributed by atoms with Crippen molar-refractivity contribution >= 4 is 6.03 Å². The van der Waals surface area contributed by atoms with Gasteiger partial charge in [-0.2, -0.15) is 0 Å². The number of carbonyl (C=O) groups excluding carboxylic acids is 1. The Kier molecular flexibility index (Phi) is 6.14. The van der Waals surface area contributed by atoms with Crippen molar-refractivity contribution in [3.8, 4) is 17.2 Å². The van der Waals surface area contributed by atoms with Crippen molar-refractivity contribution in [2.45, 2.75) is 31.8 Å². The van der Waals surface area contributed by atoms with Gasteiger partial charge in [-0.3, -0.25) is 0 Å². The summed E-state index contributed by atoms with van der Waals surface area (Å²) in [7, 11) is 4.69. The normalized spacial score (nSPS) is 16.6. The van der Waals surface area contributed by atoms with Crippen molar-refractivity contribution in [1.82, 2.24) is 10.6 Å². The zero-order valence-corrected chi connectivity index (χ0v) is 13.8. The molecule has 126 valence electrons. The summed E-state index contributed by atoms with van der Waals surface area (Å²) in [6, 6.07) is 3.69. The van der Waals surface area contributed by atoms with E-state index in [9.17, 15) is 4.79 Å². The molecule has 0 fully saturated rings. The van der Waals surface area contributed by atoms with Gasteiger partial charge in [-0.1, -0.05) is 12.2 Å². The zero-order valence-electron chi connectivity index (χ0n) is 13.8. The molecular weight excluding hydrogens is 296 g/mol. The molecule has 0 bridgehead atoms. The van der Waals surface area contributed by atoms with E-state index < -0.39 is 0 Å². The SMILES string of the molecule is COc1cc(CNC(=O)NC2CC=CCC2)cc(OC)c1OC. The highest BCUT2D eigenvalue weighted by Crippen LogP contribution is 2.38. The number of amides is 2. The summed E-state index contributed by atoms with van der Waals surface area (Å²) in [5.41, 5.74) is 0.873. The van der Waals surface area contributed by atoms with Gasteiger partial charge in [0.15, 0.2) is 11.5 Å². The minimum atomic E-state index is -0.168. The molecule has 0 heterocycles. The molecule has 6 heteroatoms. The first-order valence-corrected chi connectivity index (χ1v) is 7.66. The highest BCUT2D eigenvalue weighted by atomic mass is 16.5. The smallest absolute Gasteiger partial charge is 0.315 e. The predicted octanol–water partition coefficient (Wildman–Crippen LogP) is 2.62. The topological polar surface area (TPSA) is 68.8 Å². The molecule has 2 amide bonds. The molecule has 23 heavy (non-hydrogen) atoms. The van der Waals surface area contributed by atoms with Crippen LogP contribution < -0.4 is 24.8 Å². The minimum absolute atomic E-state index is 0.168. The predicted molar refractivity (Wildman–Crippen MR) is 88.2 cm³/mol. The molecule has 0 spiro atoms. The Bertz CT molecular complexity index is 547. The lowest BCUT2D eigenvalue weighted by atomic mass is 10.0. The summed E-state index contributed by atoms with van der Waals surface area (Å²) in [5, 5.41) is 5.84. The van der Waals surface area contributed by atoms with Crippen LogP contribution in [-0.4, -0.2) is 33.4 Å². The molecular formula is C17H24N2O4. The molecule has 0 aliphatic heterocycles. The number of hydrogen-bond acceptors (Lipinski definition) is 4. The van der Waals surface area contributed by atoms with Gasteiger partial charge in [0.1, 0.15) is 0 Å². The van der Waals surface area contributed by atoms with Crippen LogP contribution in [0, 0.1) is 0 Å². The first kappa shape index (κ1) is 17.0. The third-order valence-corrected chi connectivity index (χ3v) is 3.78. The van der Waals surface area contributed by atoms with Crippen LogP contribution in [-0.2, 0) is 6.54 Å². The molecule has 6 nitrogen and oxygen atoms in total. The number of hydrogen-bond donors (Lipinski definition) is 2. The van der Waals surface area contributed by atoms with Gasteiger partial charge in [0.2, 0.25) is 5.75 Å². The highest BCUT2D eigenvalue weighted by Gasteiger charge is 2.15. The molecule has 1 aliphatic rings. The molecule has 1 aromatic rings. The van der Waals surface area contributed by atoms with E-state index in [1.807, 2.05) is 12.1 Å². The minimum Gasteiger partial charge on any atom is -0.493 e. The molecule has 1 aromatic carbocycles. The lowest BCUT2D eigenvalue weighted by molar-refractivity contribution is 0.235. The fourth-order valence-corrected chi connectivity index (χ4v) is 2.58. The molecule has 0 saturated carbocycles. The monoisotopic (exact) mass is 320 g/mol. The molecule has 0 saturated heterocycles. The largest absolute Gasteiger partial charge is 0.493 e. The van der Waals surface area contributed by atoms with Gasteiger partial charge < -0.3 is 24.8 Å². The number of nitrogens with one attached hydrogen (secondary N) is 2. The number of carbonyl (C=O) groups is 1. The second-order valence-electron chi connectivity index (χ2n) is 5.34. The third-order valence-electron chi connectivity index (χ3n) is 3.78. The fourth-order valence-electron chi connectivity index (χ4n) is 2.58. The van der Waals surface area contributed by atoms with E-state index in [1.165, 1.54) is 0 Å². The lowest BCUT2D eigenvalue weighted by Gasteiger charge is -2.20. The summed E-state index contributed by atoms with van der Waals surface area (Å²) in [4.78, 5) is 12.0. The van der Waals surface area contributed by atoms with E-state index in [-0.39, 0.29) is 12.1 Å². The molecule has 1 aliphatic carbocycles. The van der Waals surface area contributed by atoms with E-state index in [1.54, 1.807) is 21.3 Å². The van der Waals surface area contributed by atoms with Crippen molar-refractivity contribution in [3.05, 3.63) is 29.8 Å². The van der Waals surface area contributed by atoms with E-state index in [4.69, 9.17) is 14.2 Å². The average Bonchev–Trinajstić information content (AvgIpc) is 2.59. The van der Waals surface area contributed by atoms with E-state index in [0.29, 0.717) is 23.8 Å². The van der Waals surface area contributed by atoms with Crippen LogP contribution in [0.15, 0.2) is 24.3 Å². The van der Waals surface area contributed by atoms with Gasteiger partial charge in [-0.05, 0) is 37.0 Å². The van der Waals surface area contributed by atoms with Crippen LogP contribution >= 0.6 is 0 Å². The summed E-state index contributed by atoms with van der Waals surface area (Å²) < 4.78 is 15.9. The quantitative estimate of drug-likeness (QED) is 0.791. The maximum absolute atomic E-state index is 12.0. The van der Waals surface area contributed by atoms with E-state index >= 15 is 0 Å². The number of benzene rings is 1. The number of ether oxygens (including phenoxy) is 3. The highest BCUT2D eigenvalue weighted by molar-refractivity contribution is 5.74. The average molecular weight is 320 g/mol. The van der Waals surface area contributed by atoms with E-state index in [2.05, 4.69) is 22.8 Å². The standard InChI is InChI=1S/C17H24N2O4/c1-21-14-9-12(10-15(22-2)16(14)23-3)11-18-17(20)19-13-7-5-4-6-8-13/h4-5,9-10,13H,6-8,11H2,1-3H3,(H2,18,19,20). The van der Waals surface area contributed by atoms with Gasteiger partial charge >= 0.3 is 6.03 Å². The zero-order chi connectivity index (χ0) is 16.7. The second kappa shape index (κ2) is 8.31. The van der Waals surface area contributed by atoms with Crippen molar-refractivity contribution in [3.63, 3.8) is 0 Å². The Morgan fingerprint density at radius 1 is 1.13 bits per heavy atom. The third kappa shape index (κ3) is 4.55. The van der Waals surface area contributed by atoms with Crippen LogP contribution in [0.2, 0.25) is 0 Å². The maximum atomic E-state index is 12.0. The summed E-state index contributed by atoms with van der Waals surface area (Å²) in [5.74, 6) is 1.68. The molecule has 2 rings (SSSR count). The molecule has 0 radical (unpaired) electrons. The maximum Gasteiger partial charge on any atom is 0.315 e. The molecule has 0 aromatic heterocycles. The molecule has 2 N–H and O–H groups in total. The van der Waals surface area contributed by atoms with Gasteiger partial charge in [-0.15, -0.1) is 0 Å². The van der Waals surface area contributed by atoms with Crippen LogP contribution in [0.3, 0.4) is 0 Å². The number of methoxy groups -OCH3 is 3. The summed E-state index contributed by atoms with van der Waals surface area (Å²) in [6.45, 7) is 0.380. The lowest BCUT2D eigenvalue weighted by Crippen LogP contribution is -2.42. The Hall–Kier alpha value is -2.37. The number of allylic oxidation sites excluding steroid dienone is 1. The van der Waals surface area contributed by atoms with Crippen molar-refractivity contribution in [1.29, 1.82) is 0 Å². The summed E-state index contributed by atoms with van der Waals surface area (Å²) in [6.07, 6.45) is 7.13. The molecule has 1 atom stereocenters. The number of rotatable bonds is 6. The Morgan fingerprint density at radius 3 is 2.35 bits per heavy atom. The Labute approximate surface area is 136 Å². The van der Waals surface area contributed by atoms with Crippen LogP contribution in [0.25, 0.3) is 0 Å². The van der Waals surface area contributed by atoms with Gasteiger partial charge in [0.25, 0.3) is 0 Å². The van der Waals surface area contributed by atoms with Crippen LogP contribution in [0.1, 0.15) is 24.8 Å². The Morgan fingerprint density at radius 2 is 1.83 bits per heavy atom. The van der Waals surface area contributed by atoms with Gasteiger partial charge in [0.05, 0.1) is 21.3 Å². The fraction of sp³-hybridized carbons (Fsp3) is 0.471. The van der Waals surface area contributed by atoms with Crippen LogP contribution in [0.5, 0.6) is 17.2 Å². The second-order valence-corrected chi connectivity index (χ2v) is 5.34. The number of urea groups is 1. The van der Waals surface area contributed by atoms with Crippen molar-refractivity contribution in [2.75, 3.05) is 21.3 Å². The molecule has 1 unspecified atom stereocenters. The van der Waals surface area contributed by atoms with E-state index in [0.717, 1.165) is 24.8 Å².